The van der Waals surface area contributed by atoms with Crippen LogP contribution in [0.3, 0.4) is 0 Å². The molecule has 2 aromatic carbocycles. The van der Waals surface area contributed by atoms with Crippen LogP contribution in [0.2, 0.25) is 0 Å². The molecule has 33 heavy (non-hydrogen) atoms. The standard InChI is InChI=1S/C22H20ClF6NO3/c23-20(31)6-7-30-8-9-32-19(12-30)17-5-4-16(11-18(17)22(27,28)29)33-13-14-2-1-3-15(10-14)21(24,25)26/h1-5,10-11,19H,6-9,12-13H2. The minimum absolute atomic E-state index is 0.0721. The molecule has 1 aliphatic rings. The van der Waals surface area contributed by atoms with Crippen LogP contribution in [0.4, 0.5) is 26.3 Å². The van der Waals surface area contributed by atoms with Gasteiger partial charge in [-0.25, -0.2) is 0 Å². The molecular weight excluding hydrogens is 476 g/mol. The van der Waals surface area contributed by atoms with E-state index in [0.29, 0.717) is 13.1 Å². The van der Waals surface area contributed by atoms with Gasteiger partial charge < -0.3 is 9.47 Å². The number of benzene rings is 2. The van der Waals surface area contributed by atoms with Crippen LogP contribution in [-0.4, -0.2) is 36.4 Å². The van der Waals surface area contributed by atoms with Gasteiger partial charge in [-0.2, -0.15) is 26.3 Å². The molecule has 4 nitrogen and oxygen atoms in total. The van der Waals surface area contributed by atoms with Gasteiger partial charge in [0.25, 0.3) is 0 Å². The van der Waals surface area contributed by atoms with Gasteiger partial charge in [0.1, 0.15) is 12.4 Å². The van der Waals surface area contributed by atoms with Gasteiger partial charge in [0.05, 0.1) is 23.8 Å². The summed E-state index contributed by atoms with van der Waals surface area (Å²) in [6, 6.07) is 7.76. The van der Waals surface area contributed by atoms with Gasteiger partial charge in [0.2, 0.25) is 5.24 Å². The number of hydrogen-bond acceptors (Lipinski definition) is 4. The van der Waals surface area contributed by atoms with E-state index < -0.39 is 34.8 Å². The van der Waals surface area contributed by atoms with Gasteiger partial charge >= 0.3 is 12.4 Å². The van der Waals surface area contributed by atoms with E-state index in [9.17, 15) is 31.1 Å². The Morgan fingerprint density at radius 1 is 1.09 bits per heavy atom. The SMILES string of the molecule is O=C(Cl)CCN1CCOC(c2ccc(OCc3cccc(C(F)(F)F)c3)cc2C(F)(F)F)C1. The molecule has 2 aromatic rings. The highest BCUT2D eigenvalue weighted by atomic mass is 35.5. The van der Waals surface area contributed by atoms with Crippen molar-refractivity contribution in [3.63, 3.8) is 0 Å². The minimum atomic E-state index is -4.71. The Morgan fingerprint density at radius 3 is 2.52 bits per heavy atom. The van der Waals surface area contributed by atoms with Crippen LogP contribution < -0.4 is 4.74 Å². The van der Waals surface area contributed by atoms with E-state index in [-0.39, 0.29) is 43.1 Å². The average molecular weight is 496 g/mol. The van der Waals surface area contributed by atoms with Crippen LogP contribution >= 0.6 is 11.6 Å². The lowest BCUT2D eigenvalue weighted by atomic mass is 10.00. The third-order valence-corrected chi connectivity index (χ3v) is 5.30. The summed E-state index contributed by atoms with van der Waals surface area (Å²) in [6.07, 6.45) is -10.0. The highest BCUT2D eigenvalue weighted by molar-refractivity contribution is 6.63. The molecule has 1 heterocycles. The van der Waals surface area contributed by atoms with Crippen molar-refractivity contribution in [1.29, 1.82) is 0 Å². The van der Waals surface area contributed by atoms with Crippen molar-refractivity contribution in [2.24, 2.45) is 0 Å². The van der Waals surface area contributed by atoms with Crippen molar-refractivity contribution < 1.29 is 40.6 Å². The molecule has 1 aliphatic heterocycles. The molecule has 0 aromatic heterocycles. The van der Waals surface area contributed by atoms with E-state index in [4.69, 9.17) is 21.1 Å². The van der Waals surface area contributed by atoms with Crippen LogP contribution in [-0.2, 0) is 28.5 Å². The van der Waals surface area contributed by atoms with Crippen molar-refractivity contribution in [2.45, 2.75) is 31.5 Å². The number of nitrogens with zero attached hydrogens (tertiary/aromatic N) is 1. The second kappa shape index (κ2) is 10.3. The van der Waals surface area contributed by atoms with Crippen molar-refractivity contribution in [2.75, 3.05) is 26.2 Å². The first-order valence-corrected chi connectivity index (χ1v) is 10.3. The summed E-state index contributed by atoms with van der Waals surface area (Å²) < 4.78 is 90.7. The maximum atomic E-state index is 13.8. The number of carbonyl (C=O) groups is 1. The smallest absolute Gasteiger partial charge is 0.416 e. The van der Waals surface area contributed by atoms with Gasteiger partial charge in [-0.05, 0) is 47.0 Å². The molecule has 180 valence electrons. The summed E-state index contributed by atoms with van der Waals surface area (Å²) in [5.74, 6) is -0.135. The van der Waals surface area contributed by atoms with Crippen LogP contribution in [0.15, 0.2) is 42.5 Å². The van der Waals surface area contributed by atoms with E-state index in [1.165, 1.54) is 24.3 Å². The summed E-state index contributed by atoms with van der Waals surface area (Å²) >= 11 is 5.34. The first kappa shape index (κ1) is 25.3. The third-order valence-electron chi connectivity index (χ3n) is 5.11. The molecule has 1 unspecified atom stereocenters. The maximum absolute atomic E-state index is 13.8. The number of rotatable bonds is 7. The number of halogens is 7. The van der Waals surface area contributed by atoms with Crippen molar-refractivity contribution in [3.8, 4) is 5.75 Å². The van der Waals surface area contributed by atoms with Gasteiger partial charge in [0.15, 0.2) is 0 Å². The average Bonchev–Trinajstić information content (AvgIpc) is 2.75. The first-order valence-electron chi connectivity index (χ1n) is 9.96. The normalized spacial score (nSPS) is 17.7. The summed E-state index contributed by atoms with van der Waals surface area (Å²) in [5.41, 5.74) is -1.74. The second-order valence-corrected chi connectivity index (χ2v) is 7.92. The Morgan fingerprint density at radius 2 is 1.85 bits per heavy atom. The van der Waals surface area contributed by atoms with E-state index in [0.717, 1.165) is 18.2 Å². The van der Waals surface area contributed by atoms with Crippen molar-refractivity contribution in [3.05, 3.63) is 64.7 Å². The van der Waals surface area contributed by atoms with Crippen LogP contribution in [0.1, 0.15) is 34.8 Å². The van der Waals surface area contributed by atoms with Crippen LogP contribution in [0, 0.1) is 0 Å². The summed E-state index contributed by atoms with van der Waals surface area (Å²) in [6.45, 7) is 0.770. The molecule has 11 heteroatoms. The molecule has 0 saturated carbocycles. The molecule has 1 atom stereocenters. The maximum Gasteiger partial charge on any atom is 0.416 e. The van der Waals surface area contributed by atoms with Crippen molar-refractivity contribution in [1.82, 2.24) is 4.90 Å². The molecule has 0 spiro atoms. The second-order valence-electron chi connectivity index (χ2n) is 7.50. The minimum Gasteiger partial charge on any atom is -0.489 e. The fourth-order valence-corrected chi connectivity index (χ4v) is 3.58. The predicted molar refractivity (Wildman–Crippen MR) is 108 cm³/mol. The number of carbonyl (C=O) groups excluding carboxylic acids is 1. The third kappa shape index (κ3) is 7.09. The van der Waals surface area contributed by atoms with Gasteiger partial charge in [-0.15, -0.1) is 0 Å². The van der Waals surface area contributed by atoms with Gasteiger partial charge in [0, 0.05) is 26.1 Å². The monoisotopic (exact) mass is 495 g/mol. The van der Waals surface area contributed by atoms with Gasteiger partial charge in [-0.1, -0.05) is 18.2 Å². The summed E-state index contributed by atoms with van der Waals surface area (Å²) in [4.78, 5) is 12.8. The number of alkyl halides is 6. The first-order chi connectivity index (χ1) is 15.4. The number of morpholine rings is 1. The fourth-order valence-electron chi connectivity index (χ4n) is 3.50. The zero-order valence-corrected chi connectivity index (χ0v) is 17.9. The van der Waals surface area contributed by atoms with E-state index >= 15 is 0 Å². The zero-order valence-electron chi connectivity index (χ0n) is 17.2. The highest BCUT2D eigenvalue weighted by Crippen LogP contribution is 2.39. The molecule has 0 amide bonds. The molecule has 0 radical (unpaired) electrons. The highest BCUT2D eigenvalue weighted by Gasteiger charge is 2.37. The summed E-state index contributed by atoms with van der Waals surface area (Å²) in [5, 5.41) is -0.531. The Balaban J connectivity index is 1.77. The number of hydrogen-bond donors (Lipinski definition) is 0. The molecule has 0 N–H and O–H groups in total. The molecular formula is C22H20ClF6NO3. The lowest BCUT2D eigenvalue weighted by Gasteiger charge is -2.34. The lowest BCUT2D eigenvalue weighted by molar-refractivity contribution is -0.140. The van der Waals surface area contributed by atoms with E-state index in [1.54, 1.807) is 4.90 Å². The Bertz CT molecular complexity index is 979. The quantitative estimate of drug-likeness (QED) is 0.358. The molecule has 1 fully saturated rings. The molecule has 0 aliphatic carbocycles. The molecule has 3 rings (SSSR count). The predicted octanol–water partition coefficient (Wildman–Crippen LogP) is 5.83. The Labute approximate surface area is 191 Å². The fraction of sp³-hybridized carbons (Fsp3) is 0.409. The van der Waals surface area contributed by atoms with Crippen LogP contribution in [0.25, 0.3) is 0 Å². The van der Waals surface area contributed by atoms with E-state index in [2.05, 4.69) is 0 Å². The molecule has 1 saturated heterocycles. The number of ether oxygens (including phenoxy) is 2. The van der Waals surface area contributed by atoms with Crippen LogP contribution in [0.5, 0.6) is 5.75 Å². The van der Waals surface area contributed by atoms with E-state index in [1.807, 2.05) is 0 Å². The lowest BCUT2D eigenvalue weighted by Crippen LogP contribution is -2.39. The Kier molecular flexibility index (Phi) is 7.92. The van der Waals surface area contributed by atoms with Gasteiger partial charge in [-0.3, -0.25) is 9.69 Å². The summed E-state index contributed by atoms with van der Waals surface area (Å²) in [7, 11) is 0. The largest absolute Gasteiger partial charge is 0.489 e. The topological polar surface area (TPSA) is 38.8 Å². The Hall–Kier alpha value is -2.30. The zero-order chi connectivity index (χ0) is 24.2. The van der Waals surface area contributed by atoms with Crippen molar-refractivity contribution >= 4 is 16.8 Å². The molecule has 0 bridgehead atoms.